The Hall–Kier alpha value is -13.0. The third-order valence-corrected chi connectivity index (χ3v) is 21.9. The minimum absolute atomic E-state index is 0.156. The topological polar surface area (TPSA) is 13.0 Å². The number of rotatable bonds is 11. The molecule has 105 heavy (non-hydrogen) atoms. The molecule has 2 aliphatic heterocycles. The van der Waals surface area contributed by atoms with Gasteiger partial charge in [0.15, 0.2) is 0 Å². The van der Waals surface area contributed by atoms with Crippen LogP contribution in [0.2, 0.25) is 0 Å². The number of hydrogen-bond acceptors (Lipinski definition) is 4. The molecular formula is C101H78N4. The largest absolute Gasteiger partial charge is 0.310 e. The number of nitrogens with zero attached hydrogens (tertiary/aromatic N) is 4. The second kappa shape index (κ2) is 26.4. The Morgan fingerprint density at radius 3 is 1.08 bits per heavy atom. The highest BCUT2D eigenvalue weighted by Gasteiger charge is 2.39. The number of hydrogen-bond donors (Lipinski definition) is 0. The van der Waals surface area contributed by atoms with Crippen LogP contribution in [0, 0.1) is 6.92 Å². The molecule has 17 aromatic carbocycles. The van der Waals surface area contributed by atoms with Crippen molar-refractivity contribution in [3.05, 3.63) is 410 Å². The Morgan fingerprint density at radius 2 is 0.552 bits per heavy atom. The first-order chi connectivity index (χ1) is 51.5. The summed E-state index contributed by atoms with van der Waals surface area (Å²) in [6.45, 7) is 11.6. The van der Waals surface area contributed by atoms with Crippen molar-refractivity contribution in [2.24, 2.45) is 0 Å². The van der Waals surface area contributed by atoms with Gasteiger partial charge in [-0.1, -0.05) is 270 Å². The van der Waals surface area contributed by atoms with Gasteiger partial charge in [0.1, 0.15) is 0 Å². The zero-order chi connectivity index (χ0) is 70.8. The minimum atomic E-state index is -0.167. The first-order valence-corrected chi connectivity index (χ1v) is 36.5. The predicted octanol–water partition coefficient (Wildman–Crippen LogP) is 28.5. The molecule has 2 heterocycles. The summed E-state index contributed by atoms with van der Waals surface area (Å²) in [7, 11) is 0. The third-order valence-electron chi connectivity index (χ3n) is 21.9. The molecule has 0 saturated carbocycles. The second-order valence-electron chi connectivity index (χ2n) is 28.9. The fourth-order valence-corrected chi connectivity index (χ4v) is 16.6. The zero-order valence-electron chi connectivity index (χ0n) is 59.7. The Kier molecular flexibility index (Phi) is 16.1. The maximum absolute atomic E-state index is 2.42. The summed E-state index contributed by atoms with van der Waals surface area (Å²) in [5.41, 5.74) is 27.6. The van der Waals surface area contributed by atoms with Gasteiger partial charge in [0.05, 0.1) is 22.7 Å². The van der Waals surface area contributed by atoms with Gasteiger partial charge in [-0.15, -0.1) is 0 Å². The van der Waals surface area contributed by atoms with E-state index in [2.05, 4.69) is 436 Å². The average Bonchev–Trinajstić information content (AvgIpc) is 0.729. The zero-order valence-corrected chi connectivity index (χ0v) is 59.7. The van der Waals surface area contributed by atoms with E-state index in [-0.39, 0.29) is 10.8 Å². The van der Waals surface area contributed by atoms with Gasteiger partial charge in [-0.05, 0) is 251 Å². The van der Waals surface area contributed by atoms with Crippen LogP contribution in [0.4, 0.5) is 68.2 Å². The number of fused-ring (bicyclic) bond motifs is 10. The van der Waals surface area contributed by atoms with Crippen LogP contribution in [-0.4, -0.2) is 0 Å². The summed E-state index contributed by atoms with van der Waals surface area (Å²) >= 11 is 0. The SMILES string of the molecule is CC1(C)c2ccccc2N(c2ccccc2)c2ccc(-c3ccc4ccc5cc(N(c6ccccc6)c6ccc(-c7ccccc7)cc6)ccc5c4c3)cc21.Cc1cc2cc(N(c3ccccc3)c3ccc(-c4ccc5c(c4)C(C)(C)c4ccccc4N5c4ccccc4)cc3)ccc2c2ccccc12. The van der Waals surface area contributed by atoms with E-state index in [4.69, 9.17) is 0 Å². The normalized spacial score (nSPS) is 13.1. The van der Waals surface area contributed by atoms with Gasteiger partial charge in [0.25, 0.3) is 0 Å². The fraction of sp³-hybridized carbons (Fsp3) is 0.0693. The van der Waals surface area contributed by atoms with Gasteiger partial charge in [-0.2, -0.15) is 0 Å². The monoisotopic (exact) mass is 1350 g/mol. The summed E-state index contributed by atoms with van der Waals surface area (Å²) in [5.74, 6) is 0. The van der Waals surface area contributed by atoms with Gasteiger partial charge in [0, 0.05) is 56.3 Å². The predicted molar refractivity (Wildman–Crippen MR) is 447 cm³/mol. The highest BCUT2D eigenvalue weighted by Crippen LogP contribution is 2.55. The van der Waals surface area contributed by atoms with Crippen LogP contribution in [0.15, 0.2) is 382 Å². The van der Waals surface area contributed by atoms with E-state index in [9.17, 15) is 0 Å². The molecule has 0 unspecified atom stereocenters. The Balaban J connectivity index is 0.000000150. The van der Waals surface area contributed by atoms with Crippen LogP contribution in [0.3, 0.4) is 0 Å². The van der Waals surface area contributed by atoms with Crippen molar-refractivity contribution in [3.8, 4) is 33.4 Å². The van der Waals surface area contributed by atoms with Crippen molar-refractivity contribution in [1.82, 2.24) is 0 Å². The van der Waals surface area contributed by atoms with Crippen molar-refractivity contribution < 1.29 is 0 Å². The molecule has 0 saturated heterocycles. The minimum Gasteiger partial charge on any atom is -0.310 e. The number of benzene rings is 17. The highest BCUT2D eigenvalue weighted by atomic mass is 15.2. The van der Waals surface area contributed by atoms with Crippen LogP contribution >= 0.6 is 0 Å². The van der Waals surface area contributed by atoms with Crippen molar-refractivity contribution in [1.29, 1.82) is 0 Å². The molecule has 4 heteroatoms. The first kappa shape index (κ1) is 64.1. The number of aryl methyl sites for hydroxylation is 1. The molecule has 0 aliphatic carbocycles. The van der Waals surface area contributed by atoms with Gasteiger partial charge in [-0.25, -0.2) is 0 Å². The lowest BCUT2D eigenvalue weighted by Gasteiger charge is -2.42. The summed E-state index contributed by atoms with van der Waals surface area (Å²) in [4.78, 5) is 9.54. The maximum Gasteiger partial charge on any atom is 0.0503 e. The van der Waals surface area contributed by atoms with Gasteiger partial charge >= 0.3 is 0 Å². The summed E-state index contributed by atoms with van der Waals surface area (Å²) in [6.07, 6.45) is 0. The average molecular weight is 1350 g/mol. The maximum atomic E-state index is 2.42. The lowest BCUT2D eigenvalue weighted by atomic mass is 9.73. The van der Waals surface area contributed by atoms with Crippen molar-refractivity contribution in [3.63, 3.8) is 0 Å². The molecule has 4 nitrogen and oxygen atoms in total. The molecule has 17 aromatic rings. The highest BCUT2D eigenvalue weighted by molar-refractivity contribution is 6.11. The lowest BCUT2D eigenvalue weighted by Crippen LogP contribution is -2.30. The molecule has 0 amide bonds. The Labute approximate surface area is 615 Å². The molecule has 0 N–H and O–H groups in total. The van der Waals surface area contributed by atoms with Crippen LogP contribution in [-0.2, 0) is 10.8 Å². The molecule has 502 valence electrons. The summed E-state index contributed by atoms with van der Waals surface area (Å²) < 4.78 is 0. The van der Waals surface area contributed by atoms with Crippen LogP contribution < -0.4 is 19.6 Å². The van der Waals surface area contributed by atoms with E-state index in [0.29, 0.717) is 0 Å². The Morgan fingerprint density at radius 1 is 0.210 bits per heavy atom. The van der Waals surface area contributed by atoms with Crippen LogP contribution in [0.5, 0.6) is 0 Å². The second-order valence-corrected chi connectivity index (χ2v) is 28.9. The summed E-state index contributed by atoms with van der Waals surface area (Å²) in [5, 5.41) is 10.1. The number of anilines is 12. The molecule has 2 aliphatic rings. The van der Waals surface area contributed by atoms with E-state index in [1.165, 1.54) is 138 Å². The Bertz CT molecular complexity index is 6090. The molecular weight excluding hydrogens is 1270 g/mol. The van der Waals surface area contributed by atoms with E-state index in [1.54, 1.807) is 0 Å². The molecule has 0 radical (unpaired) electrons. The molecule has 0 bridgehead atoms. The van der Waals surface area contributed by atoms with Crippen molar-refractivity contribution in [2.75, 3.05) is 19.6 Å². The number of para-hydroxylation sites is 6. The molecule has 0 fully saturated rings. The molecule has 19 rings (SSSR count). The van der Waals surface area contributed by atoms with Gasteiger partial charge in [-0.3, -0.25) is 0 Å². The first-order valence-electron chi connectivity index (χ1n) is 36.5. The van der Waals surface area contributed by atoms with Gasteiger partial charge in [0.2, 0.25) is 0 Å². The van der Waals surface area contributed by atoms with Crippen LogP contribution in [0.1, 0.15) is 55.5 Å². The summed E-state index contributed by atoms with van der Waals surface area (Å²) in [6, 6.07) is 139. The van der Waals surface area contributed by atoms with E-state index in [0.717, 1.165) is 34.1 Å². The van der Waals surface area contributed by atoms with Gasteiger partial charge < -0.3 is 19.6 Å². The van der Waals surface area contributed by atoms with Crippen molar-refractivity contribution >= 4 is 111 Å². The van der Waals surface area contributed by atoms with E-state index in [1.807, 2.05) is 0 Å². The third kappa shape index (κ3) is 11.5. The lowest BCUT2D eigenvalue weighted by molar-refractivity contribution is 0.632. The fourth-order valence-electron chi connectivity index (χ4n) is 16.6. The smallest absolute Gasteiger partial charge is 0.0503 e. The molecule has 0 spiro atoms. The van der Waals surface area contributed by atoms with E-state index < -0.39 is 0 Å². The van der Waals surface area contributed by atoms with Crippen molar-refractivity contribution in [2.45, 2.75) is 45.4 Å². The molecule has 0 aromatic heterocycles. The standard InChI is InChI=1S/C53H40N2.C48H38N2/c1-53(2)49-20-12-13-21-51(49)55(44-18-10-5-11-19-44)52-33-28-41(36-50(52)53)40-24-22-39-23-25-42-34-46(31-32-47(42)48(39)35-40)54(43-16-8-4-9-17-43)45-29-26-38(27-30-45)37-14-6-3-7-15-37;1-33-30-36-31-40(27-28-42(36)43-19-11-10-18-41(33)43)49(37-14-6-4-7-15-37)39-25-22-34(23-26-39)35-24-29-47-45(32-35)48(2,3)44-20-12-13-21-46(44)50(47)38-16-8-5-9-17-38/h3-36H,1-2H3;4-32H,1-3H3. The van der Waals surface area contributed by atoms with E-state index >= 15 is 0 Å². The molecule has 0 atom stereocenters. The quantitative estimate of drug-likeness (QED) is 0.120. The van der Waals surface area contributed by atoms with Crippen LogP contribution in [0.25, 0.3) is 76.5 Å².